The van der Waals surface area contributed by atoms with Crippen molar-refractivity contribution in [1.29, 1.82) is 0 Å². The van der Waals surface area contributed by atoms with E-state index < -0.39 is 0 Å². The molecule has 0 radical (unpaired) electrons. The van der Waals surface area contributed by atoms with Gasteiger partial charge in [0.2, 0.25) is 0 Å². The third-order valence-corrected chi connectivity index (χ3v) is 22.1. The molecule has 0 spiro atoms. The molecule has 3 nitrogen and oxygen atoms in total. The largest absolute Gasteiger partial charge is 0.334 e. The molecule has 2 bridgehead atoms. The minimum absolute atomic E-state index is 0.0180. The Hall–Kier alpha value is -6.00. The molecule has 0 N–H and O–H groups in total. The Morgan fingerprint density at radius 2 is 1.01 bits per heavy atom. The van der Waals surface area contributed by atoms with E-state index in [0.29, 0.717) is 0 Å². The van der Waals surface area contributed by atoms with E-state index in [-0.39, 0.29) is 50.2 Å². The Morgan fingerprint density at radius 3 is 1.73 bits per heavy atom. The van der Waals surface area contributed by atoms with E-state index >= 15 is 0 Å². The molecule has 1 fully saturated rings. The van der Waals surface area contributed by atoms with Crippen molar-refractivity contribution in [2.75, 3.05) is 14.7 Å². The summed E-state index contributed by atoms with van der Waals surface area (Å²) in [5, 5.41) is 0. The average Bonchev–Trinajstić information content (AvgIpc) is 3.76. The third kappa shape index (κ3) is 6.63. The Kier molecular flexibility index (Phi) is 10.0. The van der Waals surface area contributed by atoms with Crippen LogP contribution in [-0.2, 0) is 37.9 Å². The van der Waals surface area contributed by atoms with Gasteiger partial charge in [-0.15, -0.1) is 0 Å². The number of anilines is 8. The van der Waals surface area contributed by atoms with Crippen molar-refractivity contribution in [3.63, 3.8) is 0 Å². The van der Waals surface area contributed by atoms with Crippen LogP contribution in [0.25, 0.3) is 11.1 Å². The fraction of sp³-hybridized carbons (Fsp3) is 0.425. The van der Waals surface area contributed by atoms with E-state index in [1.54, 1.807) is 0 Å². The Labute approximate surface area is 462 Å². The molecule has 0 saturated heterocycles. The smallest absolute Gasteiger partial charge is 0.252 e. The number of rotatable bonds is 3. The lowest BCUT2D eigenvalue weighted by Gasteiger charge is -2.51. The second kappa shape index (κ2) is 15.6. The van der Waals surface area contributed by atoms with Crippen LogP contribution in [-0.4, -0.2) is 12.3 Å². The Bertz CT molecular complexity index is 3690. The maximum Gasteiger partial charge on any atom is 0.252 e. The average molecular weight is 1010 g/mol. The van der Waals surface area contributed by atoms with Crippen LogP contribution in [0.5, 0.6) is 0 Å². The van der Waals surface area contributed by atoms with E-state index in [2.05, 4.69) is 246 Å². The summed E-state index contributed by atoms with van der Waals surface area (Å²) in [5.41, 5.74) is 29.0. The summed E-state index contributed by atoms with van der Waals surface area (Å²) in [6.45, 7) is 37.2. The zero-order valence-electron chi connectivity index (χ0n) is 49.2. The highest BCUT2D eigenvalue weighted by Gasteiger charge is 2.59. The summed E-state index contributed by atoms with van der Waals surface area (Å²) < 4.78 is 0. The van der Waals surface area contributed by atoms with Gasteiger partial charge in [-0.25, -0.2) is 0 Å². The molecule has 0 aromatic heterocycles. The normalized spacial score (nSPS) is 23.9. The molecule has 2 unspecified atom stereocenters. The quantitative estimate of drug-likeness (QED) is 0.163. The molecular formula is C73H82BN3. The number of para-hydroxylation sites is 1. The van der Waals surface area contributed by atoms with Gasteiger partial charge in [0, 0.05) is 56.2 Å². The summed E-state index contributed by atoms with van der Waals surface area (Å²) in [6.07, 6.45) is 9.52. The number of hydrogen-bond donors (Lipinski definition) is 0. The number of hydrogen-bond acceptors (Lipinski definition) is 3. The van der Waals surface area contributed by atoms with Crippen molar-refractivity contribution in [1.82, 2.24) is 0 Å². The van der Waals surface area contributed by atoms with Gasteiger partial charge in [-0.3, -0.25) is 0 Å². The van der Waals surface area contributed by atoms with E-state index in [9.17, 15) is 0 Å². The first kappa shape index (κ1) is 49.3. The Balaban J connectivity index is 1.13. The van der Waals surface area contributed by atoms with Crippen LogP contribution in [0.4, 0.5) is 45.5 Å². The van der Waals surface area contributed by atoms with Crippen LogP contribution in [0.3, 0.4) is 0 Å². The van der Waals surface area contributed by atoms with E-state index in [1.807, 2.05) is 0 Å². The SMILES string of the molecule is CC(C)(C)c1ccc2c(c1)C1(C)CCCCC1(C)N2c1cc2c3c(c1)N(c1ccc4cc1-c1ccccc1C4(C)C)c1ccccc1B3c1cc3c(cc1N2c1ccc2c(c1)C(C)(C)CCC2(C)C)C(C)(C)CCC3(C)C. The van der Waals surface area contributed by atoms with Gasteiger partial charge in [0.1, 0.15) is 0 Å². The molecule has 4 heteroatoms. The molecule has 14 rings (SSSR count). The van der Waals surface area contributed by atoms with E-state index in [4.69, 9.17) is 0 Å². The predicted octanol–water partition coefficient (Wildman–Crippen LogP) is 17.8. The molecule has 4 aliphatic carbocycles. The van der Waals surface area contributed by atoms with Crippen LogP contribution < -0.4 is 31.1 Å². The Morgan fingerprint density at radius 1 is 0.403 bits per heavy atom. The monoisotopic (exact) mass is 1010 g/mol. The first-order chi connectivity index (χ1) is 36.3. The standard InChI is InChI=1S/C73H82BN3/c1-66(2,3)45-26-31-60-56(39-45)72(14)32-20-21-33-73(72,15)77(60)48-41-63-65-64(42-48)76(59-30-27-46-38-50(59)49-22-16-17-23-51(49)71(46,12)13)61-25-19-18-24-57(61)74(65)58-43-54-55(70(10,11)37-36-69(54,8)9)44-62(58)75(63)47-28-29-52-53(40-47)68(6,7)35-34-67(52,4)5/h16-19,22-31,38-44H,20-21,32-37H2,1-15H3. The van der Waals surface area contributed by atoms with Crippen LogP contribution in [0.1, 0.15) is 200 Å². The van der Waals surface area contributed by atoms with Gasteiger partial charge in [-0.05, 0) is 194 Å². The van der Waals surface area contributed by atoms with Crippen molar-refractivity contribution in [3.05, 3.63) is 172 Å². The lowest BCUT2D eigenvalue weighted by Crippen LogP contribution is -2.62. The summed E-state index contributed by atoms with van der Waals surface area (Å²) in [4.78, 5) is 8.37. The van der Waals surface area contributed by atoms with E-state index in [0.717, 1.165) is 6.42 Å². The number of fused-ring (bicyclic) bond motifs is 13. The highest BCUT2D eigenvalue weighted by Crippen LogP contribution is 2.63. The maximum atomic E-state index is 2.87. The fourth-order valence-electron chi connectivity index (χ4n) is 16.7. The van der Waals surface area contributed by atoms with Gasteiger partial charge >= 0.3 is 0 Å². The minimum Gasteiger partial charge on any atom is -0.334 e. The lowest BCUT2D eigenvalue weighted by atomic mass is 9.33. The molecular weight excluding hydrogens is 930 g/mol. The molecule has 7 aromatic rings. The molecule has 7 aliphatic rings. The number of nitrogens with zero attached hydrogens (tertiary/aromatic N) is 3. The zero-order chi connectivity index (χ0) is 53.9. The van der Waals surface area contributed by atoms with Crippen molar-refractivity contribution < 1.29 is 0 Å². The first-order valence-corrected chi connectivity index (χ1v) is 29.7. The van der Waals surface area contributed by atoms with Gasteiger partial charge in [0.15, 0.2) is 0 Å². The highest BCUT2D eigenvalue weighted by atomic mass is 15.3. The van der Waals surface area contributed by atoms with Gasteiger partial charge in [0.05, 0.1) is 11.2 Å². The predicted molar refractivity (Wildman–Crippen MR) is 330 cm³/mol. The maximum absolute atomic E-state index is 2.87. The van der Waals surface area contributed by atoms with Gasteiger partial charge in [0.25, 0.3) is 6.71 Å². The lowest BCUT2D eigenvalue weighted by molar-refractivity contribution is 0.195. The molecule has 3 aliphatic heterocycles. The van der Waals surface area contributed by atoms with Gasteiger partial charge < -0.3 is 14.7 Å². The number of benzene rings is 7. The van der Waals surface area contributed by atoms with Crippen LogP contribution in [0.15, 0.2) is 127 Å². The molecule has 1 saturated carbocycles. The van der Waals surface area contributed by atoms with Gasteiger partial charge in [-0.2, -0.15) is 0 Å². The van der Waals surface area contributed by atoms with Crippen molar-refractivity contribution in [2.45, 2.75) is 199 Å². The van der Waals surface area contributed by atoms with Crippen molar-refractivity contribution in [2.24, 2.45) is 0 Å². The van der Waals surface area contributed by atoms with Crippen LogP contribution in [0.2, 0.25) is 0 Å². The molecule has 392 valence electrons. The fourth-order valence-corrected chi connectivity index (χ4v) is 16.7. The van der Waals surface area contributed by atoms with Crippen molar-refractivity contribution >= 4 is 68.6 Å². The molecule has 0 amide bonds. The minimum atomic E-state index is -0.145. The summed E-state index contributed by atoms with van der Waals surface area (Å²) in [6, 6.07) is 52.2. The topological polar surface area (TPSA) is 9.72 Å². The molecule has 2 atom stereocenters. The molecule has 7 aromatic carbocycles. The first-order valence-electron chi connectivity index (χ1n) is 29.7. The second-order valence-corrected chi connectivity index (χ2v) is 29.8. The van der Waals surface area contributed by atoms with Crippen molar-refractivity contribution in [3.8, 4) is 11.1 Å². The summed E-state index contributed by atoms with van der Waals surface area (Å²) in [7, 11) is 0. The molecule has 3 heterocycles. The third-order valence-electron chi connectivity index (χ3n) is 22.1. The zero-order valence-corrected chi connectivity index (χ0v) is 49.2. The second-order valence-electron chi connectivity index (χ2n) is 29.8. The highest BCUT2D eigenvalue weighted by molar-refractivity contribution is 7.00. The summed E-state index contributed by atoms with van der Waals surface area (Å²) >= 11 is 0. The van der Waals surface area contributed by atoms with Crippen LogP contribution >= 0.6 is 0 Å². The van der Waals surface area contributed by atoms with E-state index in [1.165, 1.54) is 162 Å². The summed E-state index contributed by atoms with van der Waals surface area (Å²) in [5.74, 6) is 0. The molecule has 77 heavy (non-hydrogen) atoms. The van der Waals surface area contributed by atoms with Gasteiger partial charge in [-0.1, -0.05) is 183 Å². The van der Waals surface area contributed by atoms with Crippen LogP contribution in [0, 0.1) is 0 Å².